The van der Waals surface area contributed by atoms with Crippen LogP contribution in [0.2, 0.25) is 0 Å². The van der Waals surface area contributed by atoms with Crippen molar-refractivity contribution in [3.8, 4) is 0 Å². The quantitative estimate of drug-likeness (QED) is 0.448. The van der Waals surface area contributed by atoms with Gasteiger partial charge in [-0.25, -0.2) is 9.78 Å². The van der Waals surface area contributed by atoms with E-state index in [4.69, 9.17) is 11.5 Å². The van der Waals surface area contributed by atoms with Crippen LogP contribution in [0, 0.1) is 0 Å². The molecule has 1 aromatic rings. The van der Waals surface area contributed by atoms with Crippen LogP contribution in [0.3, 0.4) is 0 Å². The van der Waals surface area contributed by atoms with Crippen molar-refractivity contribution in [2.45, 2.75) is 13.3 Å². The normalized spacial score (nSPS) is 9.95. The number of hydrogen-bond acceptors (Lipinski definition) is 6. The zero-order valence-corrected chi connectivity index (χ0v) is 11.5. The van der Waals surface area contributed by atoms with E-state index in [0.29, 0.717) is 10.0 Å². The summed E-state index contributed by atoms with van der Waals surface area (Å²) in [7, 11) is 0. The Morgan fingerprint density at radius 3 is 2.58 bits per heavy atom. The van der Waals surface area contributed by atoms with Gasteiger partial charge in [0.25, 0.3) is 5.91 Å². The predicted octanol–water partition coefficient (Wildman–Crippen LogP) is -0.0547. The van der Waals surface area contributed by atoms with Gasteiger partial charge < -0.3 is 27.4 Å². The van der Waals surface area contributed by atoms with Gasteiger partial charge in [0, 0.05) is 19.6 Å². The van der Waals surface area contributed by atoms with Crippen molar-refractivity contribution in [3.63, 3.8) is 0 Å². The Morgan fingerprint density at radius 1 is 1.26 bits per heavy atom. The number of primary amides is 1. The number of nitrogens with two attached hydrogens (primary N) is 2. The zero-order valence-electron chi connectivity index (χ0n) is 10.7. The molecule has 0 aromatic carbocycles. The standard InChI is InChI=1S/C10H18N6O2S/c1-2-3-15-10-16-7(11)6(19-10)8(17)13-4-5-14-9(12)18/h2-5,11H2,1H3,(H,13,17)(H,15,16)(H3,12,14,18). The Bertz CT molecular complexity index is 447. The first-order valence-electron chi connectivity index (χ1n) is 5.86. The number of carbonyl (C=O) groups is 2. The monoisotopic (exact) mass is 286 g/mol. The molecule has 9 heteroatoms. The molecule has 3 amide bonds. The lowest BCUT2D eigenvalue weighted by molar-refractivity contribution is 0.0958. The average Bonchev–Trinajstić information content (AvgIpc) is 2.73. The minimum absolute atomic E-state index is 0.198. The van der Waals surface area contributed by atoms with Crippen molar-refractivity contribution in [1.82, 2.24) is 15.6 Å². The average molecular weight is 286 g/mol. The summed E-state index contributed by atoms with van der Waals surface area (Å²) >= 11 is 1.20. The van der Waals surface area contributed by atoms with Gasteiger partial charge in [-0.2, -0.15) is 0 Å². The number of nitrogens with one attached hydrogen (secondary N) is 3. The van der Waals surface area contributed by atoms with Crippen LogP contribution in [0.15, 0.2) is 0 Å². The van der Waals surface area contributed by atoms with Crippen molar-refractivity contribution >= 4 is 34.2 Å². The van der Waals surface area contributed by atoms with Gasteiger partial charge >= 0.3 is 6.03 Å². The number of rotatable bonds is 7. The molecule has 0 radical (unpaired) electrons. The lowest BCUT2D eigenvalue weighted by Crippen LogP contribution is -2.37. The van der Waals surface area contributed by atoms with Gasteiger partial charge in [-0.3, -0.25) is 4.79 Å². The van der Waals surface area contributed by atoms with Crippen LogP contribution in [-0.4, -0.2) is 36.6 Å². The molecule has 0 aliphatic rings. The molecule has 7 N–H and O–H groups in total. The highest BCUT2D eigenvalue weighted by Gasteiger charge is 2.15. The number of nitrogens with zero attached hydrogens (tertiary/aromatic N) is 1. The maximum atomic E-state index is 11.8. The molecule has 0 saturated carbocycles. The van der Waals surface area contributed by atoms with Crippen molar-refractivity contribution in [2.24, 2.45) is 5.73 Å². The molecule has 0 atom stereocenters. The maximum Gasteiger partial charge on any atom is 0.312 e. The fourth-order valence-electron chi connectivity index (χ4n) is 1.24. The van der Waals surface area contributed by atoms with E-state index in [2.05, 4.69) is 20.9 Å². The number of nitrogen functional groups attached to an aromatic ring is 1. The summed E-state index contributed by atoms with van der Waals surface area (Å²) in [6, 6.07) is -0.627. The van der Waals surface area contributed by atoms with E-state index in [9.17, 15) is 9.59 Å². The second-order valence-corrected chi connectivity index (χ2v) is 4.71. The second-order valence-electron chi connectivity index (χ2n) is 3.71. The Morgan fingerprint density at radius 2 is 1.95 bits per heavy atom. The number of anilines is 2. The summed E-state index contributed by atoms with van der Waals surface area (Å²) in [6.07, 6.45) is 0.958. The summed E-state index contributed by atoms with van der Waals surface area (Å²) in [5.74, 6) is -0.116. The Labute approximate surface area is 114 Å². The highest BCUT2D eigenvalue weighted by molar-refractivity contribution is 7.18. The topological polar surface area (TPSA) is 135 Å². The van der Waals surface area contributed by atoms with E-state index in [1.165, 1.54) is 11.3 Å². The smallest absolute Gasteiger partial charge is 0.312 e. The molecular formula is C10H18N6O2S. The number of hydrogen-bond donors (Lipinski definition) is 5. The van der Waals surface area contributed by atoms with Gasteiger partial charge in [0.2, 0.25) is 0 Å². The first-order valence-corrected chi connectivity index (χ1v) is 6.68. The fourth-order valence-corrected chi connectivity index (χ4v) is 2.07. The first-order chi connectivity index (χ1) is 9.04. The van der Waals surface area contributed by atoms with Crippen molar-refractivity contribution in [3.05, 3.63) is 4.88 Å². The largest absolute Gasteiger partial charge is 0.382 e. The third kappa shape index (κ3) is 5.00. The highest BCUT2D eigenvalue weighted by Crippen LogP contribution is 2.24. The van der Waals surface area contributed by atoms with Crippen LogP contribution in [0.4, 0.5) is 15.7 Å². The van der Waals surface area contributed by atoms with Gasteiger partial charge in [-0.15, -0.1) is 0 Å². The Hall–Kier alpha value is -2.03. The third-order valence-electron chi connectivity index (χ3n) is 2.10. The fraction of sp³-hybridized carbons (Fsp3) is 0.500. The lowest BCUT2D eigenvalue weighted by atomic mass is 10.4. The molecule has 0 spiro atoms. The van der Waals surface area contributed by atoms with Gasteiger partial charge in [-0.1, -0.05) is 18.3 Å². The van der Waals surface area contributed by atoms with Crippen LogP contribution in [-0.2, 0) is 0 Å². The van der Waals surface area contributed by atoms with Crippen LogP contribution < -0.4 is 27.4 Å². The maximum absolute atomic E-state index is 11.8. The van der Waals surface area contributed by atoms with Gasteiger partial charge in [0.15, 0.2) is 5.13 Å². The molecule has 106 valence electrons. The molecular weight excluding hydrogens is 268 g/mol. The van der Waals surface area contributed by atoms with Crippen LogP contribution in [0.1, 0.15) is 23.0 Å². The molecule has 0 aliphatic heterocycles. The number of urea groups is 1. The molecule has 19 heavy (non-hydrogen) atoms. The van der Waals surface area contributed by atoms with E-state index >= 15 is 0 Å². The minimum atomic E-state index is -0.627. The number of thiazole rings is 1. The molecule has 0 bridgehead atoms. The Kier molecular flexibility index (Phi) is 5.86. The van der Waals surface area contributed by atoms with Gasteiger partial charge in [0.05, 0.1) is 0 Å². The first kappa shape index (κ1) is 15.0. The summed E-state index contributed by atoms with van der Waals surface area (Å²) in [4.78, 5) is 26.7. The molecule has 0 unspecified atom stereocenters. The second kappa shape index (κ2) is 7.41. The molecule has 1 aromatic heterocycles. The molecule has 0 aliphatic carbocycles. The van der Waals surface area contributed by atoms with Crippen LogP contribution in [0.25, 0.3) is 0 Å². The van der Waals surface area contributed by atoms with Gasteiger partial charge in [-0.05, 0) is 6.42 Å². The number of amides is 3. The van der Waals surface area contributed by atoms with Gasteiger partial charge in [0.1, 0.15) is 10.7 Å². The number of carbonyl (C=O) groups excluding carboxylic acids is 2. The van der Waals surface area contributed by atoms with Crippen LogP contribution >= 0.6 is 11.3 Å². The SMILES string of the molecule is CCCNc1nc(N)c(C(=O)NCCNC(N)=O)s1. The summed E-state index contributed by atoms with van der Waals surface area (Å²) in [5.41, 5.74) is 10.6. The molecule has 8 nitrogen and oxygen atoms in total. The Balaban J connectivity index is 2.47. The zero-order chi connectivity index (χ0) is 14.3. The van der Waals surface area contributed by atoms with E-state index in [1.807, 2.05) is 6.92 Å². The van der Waals surface area contributed by atoms with Crippen molar-refractivity contribution < 1.29 is 9.59 Å². The lowest BCUT2D eigenvalue weighted by Gasteiger charge is -2.03. The highest BCUT2D eigenvalue weighted by atomic mass is 32.1. The molecule has 0 saturated heterocycles. The molecule has 1 heterocycles. The van der Waals surface area contributed by atoms with E-state index in [1.54, 1.807) is 0 Å². The van der Waals surface area contributed by atoms with Crippen LogP contribution in [0.5, 0.6) is 0 Å². The van der Waals surface area contributed by atoms with E-state index in [0.717, 1.165) is 13.0 Å². The molecule has 1 rings (SSSR count). The number of aromatic nitrogens is 1. The van der Waals surface area contributed by atoms with E-state index < -0.39 is 6.03 Å². The predicted molar refractivity (Wildman–Crippen MR) is 75.2 cm³/mol. The summed E-state index contributed by atoms with van der Waals surface area (Å²) < 4.78 is 0. The third-order valence-corrected chi connectivity index (χ3v) is 3.12. The van der Waals surface area contributed by atoms with Crippen molar-refractivity contribution in [2.75, 3.05) is 30.7 Å². The minimum Gasteiger partial charge on any atom is -0.382 e. The summed E-state index contributed by atoms with van der Waals surface area (Å²) in [5, 5.41) is 8.68. The molecule has 0 fully saturated rings. The summed E-state index contributed by atoms with van der Waals surface area (Å²) in [6.45, 7) is 3.34. The van der Waals surface area contributed by atoms with Crippen molar-refractivity contribution in [1.29, 1.82) is 0 Å². The van der Waals surface area contributed by atoms with E-state index in [-0.39, 0.29) is 24.8 Å².